The van der Waals surface area contributed by atoms with Gasteiger partial charge in [0.15, 0.2) is 0 Å². The molecule has 1 heterocycles. The van der Waals surface area contributed by atoms with Gasteiger partial charge in [0.05, 0.1) is 11.8 Å². The summed E-state index contributed by atoms with van der Waals surface area (Å²) >= 11 is 0.993. The van der Waals surface area contributed by atoms with Gasteiger partial charge in [-0.1, -0.05) is 42.1 Å². The second-order valence-electron chi connectivity index (χ2n) is 4.41. The van der Waals surface area contributed by atoms with Crippen molar-refractivity contribution in [1.82, 2.24) is 5.32 Å². The van der Waals surface area contributed by atoms with Gasteiger partial charge in [-0.25, -0.2) is 0 Å². The molecule has 1 fully saturated rings. The first-order chi connectivity index (χ1) is 9.65. The number of hydrogen-bond acceptors (Lipinski definition) is 5. The Morgan fingerprint density at radius 3 is 2.80 bits per heavy atom. The third-order valence-corrected chi connectivity index (χ3v) is 3.82. The Balaban J connectivity index is 1.72. The smallest absolute Gasteiger partial charge is 0.306 e. The van der Waals surface area contributed by atoms with Gasteiger partial charge < -0.3 is 10.1 Å². The fourth-order valence-corrected chi connectivity index (χ4v) is 2.53. The number of thioether (sulfide) groups is 1. The number of hydrogen-bond donors (Lipinski definition) is 1. The van der Waals surface area contributed by atoms with Crippen LogP contribution in [0.4, 0.5) is 0 Å². The van der Waals surface area contributed by atoms with Crippen LogP contribution >= 0.6 is 11.8 Å². The van der Waals surface area contributed by atoms with Crippen molar-refractivity contribution in [2.24, 2.45) is 0 Å². The van der Waals surface area contributed by atoms with E-state index in [4.69, 9.17) is 4.74 Å². The van der Waals surface area contributed by atoms with Crippen molar-refractivity contribution in [1.29, 1.82) is 0 Å². The summed E-state index contributed by atoms with van der Waals surface area (Å²) in [7, 11) is 0. The molecule has 20 heavy (non-hydrogen) atoms. The minimum absolute atomic E-state index is 0.0968. The summed E-state index contributed by atoms with van der Waals surface area (Å²) < 4.78 is 5.11. The highest BCUT2D eigenvalue weighted by atomic mass is 32.2. The Bertz CT molecular complexity index is 503. The average Bonchev–Trinajstić information content (AvgIpc) is 2.47. The maximum absolute atomic E-state index is 11.6. The van der Waals surface area contributed by atoms with Crippen LogP contribution in [-0.4, -0.2) is 28.8 Å². The molecule has 0 saturated carbocycles. The number of ether oxygens (including phenoxy) is 1. The largest absolute Gasteiger partial charge is 0.461 e. The Kier molecular flexibility index (Phi) is 5.17. The molecule has 2 rings (SSSR count). The summed E-state index contributed by atoms with van der Waals surface area (Å²) in [5.41, 5.74) is 0.915. The summed E-state index contributed by atoms with van der Waals surface area (Å²) in [6.45, 7) is 0.222. The summed E-state index contributed by atoms with van der Waals surface area (Å²) in [6.07, 6.45) is 0.398. The first kappa shape index (κ1) is 14.6. The lowest BCUT2D eigenvalue weighted by Gasteiger charge is -2.20. The van der Waals surface area contributed by atoms with E-state index in [9.17, 15) is 14.4 Å². The standard InChI is InChI=1S/C14H15NO4S/c16-12-9-20-14(18)11(15-12)6-7-13(17)19-8-10-4-2-1-3-5-10/h1-5,11H,6-9H2,(H,15,16)/t11-/m0/s1. The number of carbonyl (C=O) groups is 3. The monoisotopic (exact) mass is 293 g/mol. The molecule has 1 aromatic carbocycles. The van der Waals surface area contributed by atoms with Crippen molar-refractivity contribution < 1.29 is 19.1 Å². The first-order valence-corrected chi connectivity index (χ1v) is 7.29. The Morgan fingerprint density at radius 1 is 1.30 bits per heavy atom. The van der Waals surface area contributed by atoms with E-state index >= 15 is 0 Å². The third-order valence-electron chi connectivity index (χ3n) is 2.85. The van der Waals surface area contributed by atoms with E-state index in [1.165, 1.54) is 0 Å². The molecule has 0 spiro atoms. The fraction of sp³-hybridized carbons (Fsp3) is 0.357. The van der Waals surface area contributed by atoms with Gasteiger partial charge in [-0.05, 0) is 12.0 Å². The fourth-order valence-electron chi connectivity index (χ4n) is 1.79. The number of carbonyl (C=O) groups excluding carboxylic acids is 3. The Hall–Kier alpha value is -1.82. The quantitative estimate of drug-likeness (QED) is 0.828. The van der Waals surface area contributed by atoms with E-state index in [1.54, 1.807) is 0 Å². The highest BCUT2D eigenvalue weighted by molar-refractivity contribution is 8.14. The van der Waals surface area contributed by atoms with Crippen LogP contribution < -0.4 is 5.32 Å². The van der Waals surface area contributed by atoms with Gasteiger partial charge in [0.25, 0.3) is 0 Å². The Morgan fingerprint density at radius 2 is 2.05 bits per heavy atom. The number of benzene rings is 1. The molecule has 106 valence electrons. The predicted molar refractivity (Wildman–Crippen MR) is 74.9 cm³/mol. The highest BCUT2D eigenvalue weighted by Gasteiger charge is 2.27. The molecule has 6 heteroatoms. The van der Waals surface area contributed by atoms with E-state index in [0.717, 1.165) is 17.3 Å². The van der Waals surface area contributed by atoms with Gasteiger partial charge in [0.2, 0.25) is 11.0 Å². The van der Waals surface area contributed by atoms with Gasteiger partial charge in [-0.15, -0.1) is 0 Å². The molecule has 1 amide bonds. The van der Waals surface area contributed by atoms with Crippen LogP contribution in [0.25, 0.3) is 0 Å². The molecule has 0 radical (unpaired) electrons. The van der Waals surface area contributed by atoms with Gasteiger partial charge >= 0.3 is 5.97 Å². The van der Waals surface area contributed by atoms with Crippen molar-refractivity contribution in [3.8, 4) is 0 Å². The van der Waals surface area contributed by atoms with Crippen LogP contribution in [0.3, 0.4) is 0 Å². The van der Waals surface area contributed by atoms with E-state index in [-0.39, 0.29) is 42.2 Å². The molecule has 0 unspecified atom stereocenters. The second kappa shape index (κ2) is 7.09. The molecule has 1 aliphatic rings. The minimum Gasteiger partial charge on any atom is -0.461 e. The molecule has 0 bridgehead atoms. The summed E-state index contributed by atoms with van der Waals surface area (Å²) in [5.74, 6) is -0.378. The molecule has 1 saturated heterocycles. The SMILES string of the molecule is O=C1CSC(=O)[C@H](CCC(=O)OCc2ccccc2)N1. The lowest BCUT2D eigenvalue weighted by atomic mass is 10.1. The van der Waals surface area contributed by atoms with Crippen molar-refractivity contribution in [3.05, 3.63) is 35.9 Å². The normalized spacial score (nSPS) is 18.5. The van der Waals surface area contributed by atoms with Crippen molar-refractivity contribution in [2.75, 3.05) is 5.75 Å². The van der Waals surface area contributed by atoms with Gasteiger partial charge in [0.1, 0.15) is 6.61 Å². The van der Waals surface area contributed by atoms with Crippen molar-refractivity contribution in [2.45, 2.75) is 25.5 Å². The maximum atomic E-state index is 11.6. The lowest BCUT2D eigenvalue weighted by Crippen LogP contribution is -2.45. The summed E-state index contributed by atoms with van der Waals surface area (Å²) in [5, 5.41) is 2.48. The van der Waals surface area contributed by atoms with Gasteiger partial charge in [0, 0.05) is 6.42 Å². The first-order valence-electron chi connectivity index (χ1n) is 6.30. The van der Waals surface area contributed by atoms with Crippen LogP contribution in [0.15, 0.2) is 30.3 Å². The molecular weight excluding hydrogens is 278 g/mol. The molecular formula is C14H15NO4S. The zero-order valence-electron chi connectivity index (χ0n) is 10.8. The zero-order chi connectivity index (χ0) is 14.4. The molecule has 1 atom stereocenters. The van der Waals surface area contributed by atoms with Gasteiger partial charge in [-0.2, -0.15) is 0 Å². The number of rotatable bonds is 5. The summed E-state index contributed by atoms with van der Waals surface area (Å²) in [4.78, 5) is 34.3. The lowest BCUT2D eigenvalue weighted by molar-refractivity contribution is -0.145. The van der Waals surface area contributed by atoms with Crippen LogP contribution in [0.2, 0.25) is 0 Å². The van der Waals surface area contributed by atoms with Crippen LogP contribution in [0.5, 0.6) is 0 Å². The van der Waals surface area contributed by atoms with Crippen LogP contribution in [0, 0.1) is 0 Å². The summed E-state index contributed by atoms with van der Waals surface area (Å²) in [6, 6.07) is 8.79. The second-order valence-corrected chi connectivity index (χ2v) is 5.39. The Labute approximate surface area is 121 Å². The molecule has 1 aliphatic heterocycles. The van der Waals surface area contributed by atoms with Gasteiger partial charge in [-0.3, -0.25) is 14.4 Å². The van der Waals surface area contributed by atoms with E-state index < -0.39 is 6.04 Å². The van der Waals surface area contributed by atoms with Crippen LogP contribution in [0.1, 0.15) is 18.4 Å². The zero-order valence-corrected chi connectivity index (χ0v) is 11.7. The average molecular weight is 293 g/mol. The van der Waals surface area contributed by atoms with Crippen molar-refractivity contribution >= 4 is 28.8 Å². The van der Waals surface area contributed by atoms with E-state index in [0.29, 0.717) is 0 Å². The maximum Gasteiger partial charge on any atom is 0.306 e. The number of nitrogens with one attached hydrogen (secondary N) is 1. The van der Waals surface area contributed by atoms with E-state index in [2.05, 4.69) is 5.32 Å². The van der Waals surface area contributed by atoms with E-state index in [1.807, 2.05) is 30.3 Å². The predicted octanol–water partition coefficient (Wildman–Crippen LogP) is 1.27. The van der Waals surface area contributed by atoms with Crippen molar-refractivity contribution in [3.63, 3.8) is 0 Å². The molecule has 1 N–H and O–H groups in total. The molecule has 5 nitrogen and oxygen atoms in total. The third kappa shape index (κ3) is 4.38. The molecule has 1 aromatic rings. The number of amides is 1. The minimum atomic E-state index is -0.578. The van der Waals surface area contributed by atoms with Crippen LogP contribution in [-0.2, 0) is 25.7 Å². The molecule has 0 aliphatic carbocycles. The number of esters is 1. The molecule has 0 aromatic heterocycles. The topological polar surface area (TPSA) is 72.5 Å². The highest BCUT2D eigenvalue weighted by Crippen LogP contribution is 2.15.